The second-order valence-corrected chi connectivity index (χ2v) is 4.51. The van der Waals surface area contributed by atoms with Crippen LogP contribution in [0.15, 0.2) is 22.8 Å². The Hall–Kier alpha value is -0.520. The summed E-state index contributed by atoms with van der Waals surface area (Å²) in [6.07, 6.45) is 9.00. The van der Waals surface area contributed by atoms with E-state index in [2.05, 4.69) is 33.8 Å². The Morgan fingerprint density at radius 1 is 1.21 bits per heavy atom. The highest BCUT2D eigenvalue weighted by molar-refractivity contribution is 5.37. The van der Waals surface area contributed by atoms with Crippen molar-refractivity contribution in [2.75, 3.05) is 0 Å². The van der Waals surface area contributed by atoms with E-state index in [1.54, 1.807) is 11.1 Å². The third-order valence-electron chi connectivity index (χ3n) is 3.43. The van der Waals surface area contributed by atoms with Crippen molar-refractivity contribution in [1.82, 2.24) is 0 Å². The Balaban J connectivity index is 2.82. The molecule has 0 heterocycles. The van der Waals surface area contributed by atoms with Gasteiger partial charge in [-0.2, -0.15) is 0 Å². The number of rotatable bonds is 4. The fourth-order valence-electron chi connectivity index (χ4n) is 2.48. The van der Waals surface area contributed by atoms with Gasteiger partial charge in [0, 0.05) is 0 Å². The molecule has 0 radical (unpaired) electrons. The average Bonchev–Trinajstić information content (AvgIpc) is 2.18. The third kappa shape index (κ3) is 2.50. The minimum atomic E-state index is 0.851. The molecule has 0 heteroatoms. The van der Waals surface area contributed by atoms with E-state index in [-0.39, 0.29) is 0 Å². The third-order valence-corrected chi connectivity index (χ3v) is 3.43. The van der Waals surface area contributed by atoms with Gasteiger partial charge in [0.25, 0.3) is 0 Å². The zero-order valence-corrected chi connectivity index (χ0v) is 10.2. The Morgan fingerprint density at radius 2 is 1.93 bits per heavy atom. The minimum absolute atomic E-state index is 0.851. The maximum absolute atomic E-state index is 2.43. The van der Waals surface area contributed by atoms with Crippen molar-refractivity contribution in [3.8, 4) is 0 Å². The summed E-state index contributed by atoms with van der Waals surface area (Å²) in [6, 6.07) is 0. The van der Waals surface area contributed by atoms with Crippen LogP contribution in [0.25, 0.3) is 0 Å². The van der Waals surface area contributed by atoms with Gasteiger partial charge in [0.1, 0.15) is 0 Å². The summed E-state index contributed by atoms with van der Waals surface area (Å²) < 4.78 is 0. The van der Waals surface area contributed by atoms with Crippen LogP contribution in [0.3, 0.4) is 0 Å². The van der Waals surface area contributed by atoms with E-state index < -0.39 is 0 Å². The molecule has 0 nitrogen and oxygen atoms in total. The van der Waals surface area contributed by atoms with Crippen LogP contribution in [0.4, 0.5) is 0 Å². The molecule has 1 aliphatic carbocycles. The molecule has 0 spiro atoms. The molecule has 0 saturated heterocycles. The molecule has 0 N–H and O–H groups in total. The maximum atomic E-state index is 2.43. The molecule has 80 valence electrons. The predicted octanol–water partition coefficient (Wildman–Crippen LogP) is 4.87. The molecule has 0 saturated carbocycles. The van der Waals surface area contributed by atoms with Gasteiger partial charge in [-0.05, 0) is 44.6 Å². The smallest absolute Gasteiger partial charge is 0.0163 e. The Kier molecular flexibility index (Phi) is 4.44. The second kappa shape index (κ2) is 5.38. The van der Waals surface area contributed by atoms with Crippen molar-refractivity contribution in [3.05, 3.63) is 22.8 Å². The van der Waals surface area contributed by atoms with Gasteiger partial charge in [-0.15, -0.1) is 0 Å². The number of hydrogen-bond acceptors (Lipinski definition) is 0. The highest BCUT2D eigenvalue weighted by atomic mass is 14.2. The highest BCUT2D eigenvalue weighted by Crippen LogP contribution is 2.34. The molecule has 0 aromatic heterocycles. The molecule has 0 fully saturated rings. The van der Waals surface area contributed by atoms with E-state index in [9.17, 15) is 0 Å². The molecular formula is C14H24. The molecule has 1 rings (SSSR count). The first kappa shape index (κ1) is 11.6. The first-order chi connectivity index (χ1) is 6.70. The van der Waals surface area contributed by atoms with Crippen molar-refractivity contribution in [2.24, 2.45) is 5.92 Å². The van der Waals surface area contributed by atoms with Crippen LogP contribution in [0, 0.1) is 5.92 Å². The largest absolute Gasteiger partial charge is 0.0807 e. The normalized spacial score (nSPS) is 22.6. The molecule has 0 bridgehead atoms. The molecule has 14 heavy (non-hydrogen) atoms. The lowest BCUT2D eigenvalue weighted by molar-refractivity contribution is 0.523. The minimum Gasteiger partial charge on any atom is -0.0807 e. The monoisotopic (exact) mass is 192 g/mol. The highest BCUT2D eigenvalue weighted by Gasteiger charge is 2.18. The summed E-state index contributed by atoms with van der Waals surface area (Å²) >= 11 is 0. The van der Waals surface area contributed by atoms with Gasteiger partial charge >= 0.3 is 0 Å². The Bertz CT molecular complexity index is 243. The van der Waals surface area contributed by atoms with Crippen LogP contribution in [-0.4, -0.2) is 0 Å². The van der Waals surface area contributed by atoms with E-state index in [4.69, 9.17) is 0 Å². The van der Waals surface area contributed by atoms with Gasteiger partial charge in [0.2, 0.25) is 0 Å². The zero-order valence-electron chi connectivity index (χ0n) is 10.2. The quantitative estimate of drug-likeness (QED) is 0.596. The summed E-state index contributed by atoms with van der Waals surface area (Å²) in [4.78, 5) is 0. The van der Waals surface area contributed by atoms with Gasteiger partial charge in [0.15, 0.2) is 0 Å². The van der Waals surface area contributed by atoms with Crippen LogP contribution >= 0.6 is 0 Å². The van der Waals surface area contributed by atoms with E-state index >= 15 is 0 Å². The summed E-state index contributed by atoms with van der Waals surface area (Å²) in [6.45, 7) is 9.15. The Morgan fingerprint density at radius 3 is 2.50 bits per heavy atom. The lowest BCUT2D eigenvalue weighted by atomic mass is 9.80. The van der Waals surface area contributed by atoms with Crippen LogP contribution in [0.1, 0.15) is 59.8 Å². The van der Waals surface area contributed by atoms with Crippen molar-refractivity contribution in [3.63, 3.8) is 0 Å². The SMILES string of the molecule is CCCC1=C(C)C(C)=CCC1CCC. The average molecular weight is 192 g/mol. The molecule has 0 amide bonds. The van der Waals surface area contributed by atoms with Crippen molar-refractivity contribution in [2.45, 2.75) is 59.8 Å². The standard InChI is InChI=1S/C14H24/c1-5-7-13-10-9-11(3)12(4)14(13)8-6-2/h9,13H,5-8,10H2,1-4H3. The van der Waals surface area contributed by atoms with Gasteiger partial charge < -0.3 is 0 Å². The Labute approximate surface area is 89.1 Å². The fraction of sp³-hybridized carbons (Fsp3) is 0.714. The van der Waals surface area contributed by atoms with Gasteiger partial charge in [0.05, 0.1) is 0 Å². The van der Waals surface area contributed by atoms with Gasteiger partial charge in [-0.1, -0.05) is 43.9 Å². The van der Waals surface area contributed by atoms with Crippen LogP contribution < -0.4 is 0 Å². The number of hydrogen-bond donors (Lipinski definition) is 0. The van der Waals surface area contributed by atoms with Crippen LogP contribution in [0.2, 0.25) is 0 Å². The maximum Gasteiger partial charge on any atom is -0.0163 e. The van der Waals surface area contributed by atoms with Crippen molar-refractivity contribution in [1.29, 1.82) is 0 Å². The van der Waals surface area contributed by atoms with Gasteiger partial charge in [-0.3, -0.25) is 0 Å². The molecule has 0 aromatic carbocycles. The fourth-order valence-corrected chi connectivity index (χ4v) is 2.48. The van der Waals surface area contributed by atoms with E-state index in [1.165, 1.54) is 37.7 Å². The predicted molar refractivity (Wildman–Crippen MR) is 64.4 cm³/mol. The second-order valence-electron chi connectivity index (χ2n) is 4.51. The molecule has 0 aromatic rings. The topological polar surface area (TPSA) is 0 Å². The lowest BCUT2D eigenvalue weighted by Crippen LogP contribution is -2.10. The summed E-state index contributed by atoms with van der Waals surface area (Å²) in [5, 5.41) is 0. The molecule has 1 unspecified atom stereocenters. The van der Waals surface area contributed by atoms with E-state index in [0.717, 1.165) is 5.92 Å². The first-order valence-corrected chi connectivity index (χ1v) is 6.07. The first-order valence-electron chi connectivity index (χ1n) is 6.07. The molecular weight excluding hydrogens is 168 g/mol. The zero-order chi connectivity index (χ0) is 10.6. The van der Waals surface area contributed by atoms with Crippen molar-refractivity contribution >= 4 is 0 Å². The molecule has 0 aliphatic heterocycles. The van der Waals surface area contributed by atoms with E-state index in [0.29, 0.717) is 0 Å². The lowest BCUT2D eigenvalue weighted by Gasteiger charge is -2.26. The molecule has 1 aliphatic rings. The summed E-state index contributed by atoms with van der Waals surface area (Å²) in [5.74, 6) is 0.851. The van der Waals surface area contributed by atoms with Gasteiger partial charge in [-0.25, -0.2) is 0 Å². The molecule has 1 atom stereocenters. The van der Waals surface area contributed by atoms with Crippen LogP contribution in [0.5, 0.6) is 0 Å². The van der Waals surface area contributed by atoms with E-state index in [1.807, 2.05) is 0 Å². The summed E-state index contributed by atoms with van der Waals surface area (Å²) in [5.41, 5.74) is 4.84. The van der Waals surface area contributed by atoms with Crippen LogP contribution in [-0.2, 0) is 0 Å². The summed E-state index contributed by atoms with van der Waals surface area (Å²) in [7, 11) is 0. The number of allylic oxidation sites excluding steroid dienone is 4. The van der Waals surface area contributed by atoms with Crippen molar-refractivity contribution < 1.29 is 0 Å².